The predicted octanol–water partition coefficient (Wildman–Crippen LogP) is 4.42. The highest BCUT2D eigenvalue weighted by Crippen LogP contribution is 2.39. The molecule has 0 heterocycles. The molecule has 1 saturated carbocycles. The van der Waals surface area contributed by atoms with E-state index in [1.165, 1.54) is 10.4 Å². The predicted molar refractivity (Wildman–Crippen MR) is 134 cm³/mol. The molecule has 0 saturated heterocycles. The number of nitrogens with one attached hydrogen (secondary N) is 1. The Balaban J connectivity index is 1.75. The van der Waals surface area contributed by atoms with Crippen LogP contribution in [0.5, 0.6) is 0 Å². The van der Waals surface area contributed by atoms with Gasteiger partial charge >= 0.3 is 0 Å². The van der Waals surface area contributed by atoms with E-state index < -0.39 is 8.32 Å². The van der Waals surface area contributed by atoms with E-state index in [4.69, 9.17) is 9.16 Å². The smallest absolute Gasteiger partial charge is 0.261 e. The van der Waals surface area contributed by atoms with Gasteiger partial charge in [0.25, 0.3) is 8.32 Å². The van der Waals surface area contributed by atoms with Crippen LogP contribution < -0.4 is 15.7 Å². The second-order valence-electron chi connectivity index (χ2n) is 10.1. The molecule has 0 bridgehead atoms. The van der Waals surface area contributed by atoms with E-state index in [0.29, 0.717) is 6.61 Å². The van der Waals surface area contributed by atoms with Gasteiger partial charge in [-0.3, -0.25) is 4.79 Å². The largest absolute Gasteiger partial charge is 0.404 e. The Labute approximate surface area is 194 Å². The molecule has 174 valence electrons. The van der Waals surface area contributed by atoms with Crippen molar-refractivity contribution < 1.29 is 14.0 Å². The fourth-order valence-corrected chi connectivity index (χ4v) is 9.68. The van der Waals surface area contributed by atoms with Crippen LogP contribution in [-0.4, -0.2) is 39.1 Å². The van der Waals surface area contributed by atoms with Gasteiger partial charge in [-0.1, -0.05) is 81.4 Å². The first-order valence-electron chi connectivity index (χ1n) is 11.9. The molecule has 0 aromatic heterocycles. The maximum atomic E-state index is 11.2. The minimum absolute atomic E-state index is 0.00313. The molecular weight excluding hydrogens is 414 g/mol. The standard InChI is InChI=1S/C27H39NO3Si/c1-21(28-22(2)29)20-30-23-16-18-24(19-17-23)31-32(27(3,4)5,25-12-8-6-9-13-25)26-14-10-7-11-15-26/h6-15,21,23-24H,16-20H2,1-5H3,(H,28,29)/t21-,23?,24?/m0/s1. The summed E-state index contributed by atoms with van der Waals surface area (Å²) in [4.78, 5) is 11.2. The van der Waals surface area contributed by atoms with Crippen molar-refractivity contribution in [1.82, 2.24) is 5.32 Å². The second kappa shape index (κ2) is 10.8. The Hall–Kier alpha value is -1.95. The molecule has 2 aromatic rings. The fraction of sp³-hybridized carbons (Fsp3) is 0.519. The minimum atomic E-state index is -2.50. The first-order valence-corrected chi connectivity index (χ1v) is 13.8. The van der Waals surface area contributed by atoms with Gasteiger partial charge in [0.05, 0.1) is 12.7 Å². The summed E-state index contributed by atoms with van der Waals surface area (Å²) in [5.74, 6) is -0.0106. The Morgan fingerprint density at radius 1 is 0.938 bits per heavy atom. The summed E-state index contributed by atoms with van der Waals surface area (Å²) in [7, 11) is -2.50. The van der Waals surface area contributed by atoms with Crippen molar-refractivity contribution in [2.24, 2.45) is 0 Å². The SMILES string of the molecule is CC(=O)N[C@@H](C)COC1CCC(O[Si](c2ccccc2)(c2ccccc2)C(C)(C)C)CC1. The molecule has 1 atom stereocenters. The number of benzene rings is 2. The molecule has 4 nitrogen and oxygen atoms in total. The first-order chi connectivity index (χ1) is 15.2. The molecule has 1 amide bonds. The third-order valence-corrected chi connectivity index (χ3v) is 11.5. The number of carbonyl (C=O) groups excluding carboxylic acids is 1. The van der Waals surface area contributed by atoms with Crippen molar-refractivity contribution >= 4 is 24.6 Å². The summed E-state index contributed by atoms with van der Waals surface area (Å²) >= 11 is 0. The van der Waals surface area contributed by atoms with Crippen LogP contribution in [-0.2, 0) is 14.0 Å². The Morgan fingerprint density at radius 3 is 1.84 bits per heavy atom. The molecule has 1 N–H and O–H groups in total. The normalized spacial score (nSPS) is 20.5. The monoisotopic (exact) mass is 453 g/mol. The van der Waals surface area contributed by atoms with Gasteiger partial charge in [0.15, 0.2) is 0 Å². The van der Waals surface area contributed by atoms with Crippen molar-refractivity contribution in [3.63, 3.8) is 0 Å². The van der Waals surface area contributed by atoms with Gasteiger partial charge in [0, 0.05) is 19.1 Å². The molecule has 1 aliphatic rings. The Morgan fingerprint density at radius 2 is 1.41 bits per heavy atom. The summed E-state index contributed by atoms with van der Waals surface area (Å²) in [6, 6.07) is 21.8. The van der Waals surface area contributed by atoms with Crippen molar-refractivity contribution in [3.8, 4) is 0 Å². The number of carbonyl (C=O) groups is 1. The number of amides is 1. The van der Waals surface area contributed by atoms with Gasteiger partial charge < -0.3 is 14.5 Å². The number of ether oxygens (including phenoxy) is 1. The maximum absolute atomic E-state index is 11.2. The third kappa shape index (κ3) is 5.88. The molecule has 0 unspecified atom stereocenters. The van der Waals surface area contributed by atoms with Gasteiger partial charge in [0.2, 0.25) is 5.91 Å². The molecule has 0 spiro atoms. The van der Waals surface area contributed by atoms with Crippen molar-refractivity contribution in [3.05, 3.63) is 60.7 Å². The van der Waals surface area contributed by atoms with Crippen molar-refractivity contribution in [1.29, 1.82) is 0 Å². The van der Waals surface area contributed by atoms with E-state index in [0.717, 1.165) is 25.7 Å². The van der Waals surface area contributed by atoms with Gasteiger partial charge in [-0.2, -0.15) is 0 Å². The van der Waals surface area contributed by atoms with Crippen LogP contribution in [0.25, 0.3) is 0 Å². The Kier molecular flexibility index (Phi) is 8.31. The van der Waals surface area contributed by atoms with E-state index in [1.807, 2.05) is 6.92 Å². The maximum Gasteiger partial charge on any atom is 0.261 e. The van der Waals surface area contributed by atoms with E-state index in [-0.39, 0.29) is 29.2 Å². The van der Waals surface area contributed by atoms with Crippen LogP contribution in [0.2, 0.25) is 5.04 Å². The molecular formula is C27H39NO3Si. The quantitative estimate of drug-likeness (QED) is 0.602. The molecule has 1 fully saturated rings. The van der Waals surface area contributed by atoms with Crippen molar-refractivity contribution in [2.75, 3.05) is 6.61 Å². The molecule has 32 heavy (non-hydrogen) atoms. The van der Waals surface area contributed by atoms with E-state index in [1.54, 1.807) is 6.92 Å². The van der Waals surface area contributed by atoms with E-state index in [2.05, 4.69) is 86.8 Å². The zero-order valence-corrected chi connectivity index (χ0v) is 21.3. The lowest BCUT2D eigenvalue weighted by atomic mass is 9.95. The summed E-state index contributed by atoms with van der Waals surface area (Å²) < 4.78 is 13.4. The second-order valence-corrected chi connectivity index (χ2v) is 14.4. The first kappa shape index (κ1) is 24.7. The zero-order chi connectivity index (χ0) is 23.2. The highest BCUT2D eigenvalue weighted by molar-refractivity contribution is 6.99. The highest BCUT2D eigenvalue weighted by Gasteiger charge is 2.51. The lowest BCUT2D eigenvalue weighted by Gasteiger charge is -2.46. The van der Waals surface area contributed by atoms with Crippen LogP contribution in [0.15, 0.2) is 60.7 Å². The van der Waals surface area contributed by atoms with E-state index >= 15 is 0 Å². The van der Waals surface area contributed by atoms with Gasteiger partial charge in [0.1, 0.15) is 0 Å². The van der Waals surface area contributed by atoms with Gasteiger partial charge in [-0.15, -0.1) is 0 Å². The summed E-state index contributed by atoms with van der Waals surface area (Å²) in [5, 5.41) is 5.56. The molecule has 0 radical (unpaired) electrons. The van der Waals surface area contributed by atoms with Crippen LogP contribution in [0.3, 0.4) is 0 Å². The molecule has 2 aromatic carbocycles. The summed E-state index contributed by atoms with van der Waals surface area (Å²) in [5.41, 5.74) is 0. The minimum Gasteiger partial charge on any atom is -0.404 e. The summed E-state index contributed by atoms with van der Waals surface area (Å²) in [6.45, 7) is 11.1. The van der Waals surface area contributed by atoms with E-state index in [9.17, 15) is 4.79 Å². The van der Waals surface area contributed by atoms with Crippen molar-refractivity contribution in [2.45, 2.75) is 83.6 Å². The topological polar surface area (TPSA) is 47.6 Å². The van der Waals surface area contributed by atoms with Crippen LogP contribution in [0.4, 0.5) is 0 Å². The average Bonchev–Trinajstić information content (AvgIpc) is 2.77. The number of rotatable bonds is 8. The van der Waals surface area contributed by atoms with Gasteiger partial charge in [-0.05, 0) is 48.0 Å². The molecule has 5 heteroatoms. The highest BCUT2D eigenvalue weighted by atomic mass is 28.4. The average molecular weight is 454 g/mol. The summed E-state index contributed by atoms with van der Waals surface area (Å²) in [6.07, 6.45) is 4.47. The van der Waals surface area contributed by atoms with Crippen LogP contribution in [0, 0.1) is 0 Å². The van der Waals surface area contributed by atoms with Crippen LogP contribution >= 0.6 is 0 Å². The Bertz CT molecular complexity index is 803. The van der Waals surface area contributed by atoms with Crippen LogP contribution in [0.1, 0.15) is 60.3 Å². The molecule has 0 aliphatic heterocycles. The zero-order valence-electron chi connectivity index (χ0n) is 20.3. The lowest BCUT2D eigenvalue weighted by Crippen LogP contribution is -2.67. The molecule has 1 aliphatic carbocycles. The fourth-order valence-electron chi connectivity index (χ4n) is 4.93. The van der Waals surface area contributed by atoms with Gasteiger partial charge in [-0.25, -0.2) is 0 Å². The number of hydrogen-bond acceptors (Lipinski definition) is 3. The lowest BCUT2D eigenvalue weighted by molar-refractivity contribution is -0.120. The third-order valence-electron chi connectivity index (χ3n) is 6.41. The number of hydrogen-bond donors (Lipinski definition) is 1. The molecule has 3 rings (SSSR count).